The maximum Gasteiger partial charge on any atom is 0.304 e. The molecule has 2 aliphatic heterocycles. The first kappa shape index (κ1) is 14.6. The van der Waals surface area contributed by atoms with E-state index in [4.69, 9.17) is 5.11 Å². The molecule has 0 aromatic carbocycles. The van der Waals surface area contributed by atoms with Crippen molar-refractivity contribution in [1.82, 2.24) is 15.1 Å². The van der Waals surface area contributed by atoms with Gasteiger partial charge in [0, 0.05) is 50.8 Å². The molecule has 0 bridgehead atoms. The van der Waals surface area contributed by atoms with Gasteiger partial charge in [0.15, 0.2) is 0 Å². The Morgan fingerprint density at radius 3 is 2.58 bits per heavy atom. The molecule has 0 aliphatic carbocycles. The van der Waals surface area contributed by atoms with E-state index >= 15 is 0 Å². The molecule has 2 fully saturated rings. The molecule has 19 heavy (non-hydrogen) atoms. The summed E-state index contributed by atoms with van der Waals surface area (Å²) in [5.74, 6) is 1.37. The van der Waals surface area contributed by atoms with E-state index in [2.05, 4.69) is 10.2 Å². The number of carbonyl (C=O) groups is 2. The molecule has 108 valence electrons. The maximum absolute atomic E-state index is 12.3. The quantitative estimate of drug-likeness (QED) is 0.713. The number of piperazine rings is 1. The summed E-state index contributed by atoms with van der Waals surface area (Å²) in [5, 5.41) is 11.9. The fourth-order valence-electron chi connectivity index (χ4n) is 2.39. The molecule has 2 rings (SSSR count). The highest BCUT2D eigenvalue weighted by atomic mass is 32.2. The van der Waals surface area contributed by atoms with Crippen LogP contribution >= 0.6 is 11.8 Å². The van der Waals surface area contributed by atoms with Crippen molar-refractivity contribution in [1.29, 1.82) is 0 Å². The van der Waals surface area contributed by atoms with Crippen LogP contribution in [0, 0.1) is 0 Å². The predicted octanol–water partition coefficient (Wildman–Crippen LogP) is -0.690. The van der Waals surface area contributed by atoms with Crippen LogP contribution in [0.5, 0.6) is 0 Å². The number of hydrogen-bond acceptors (Lipinski definition) is 5. The van der Waals surface area contributed by atoms with Gasteiger partial charge in [0.2, 0.25) is 5.91 Å². The summed E-state index contributed by atoms with van der Waals surface area (Å²) in [5.41, 5.74) is 0. The highest BCUT2D eigenvalue weighted by molar-refractivity contribution is 7.99. The van der Waals surface area contributed by atoms with Gasteiger partial charge in [-0.2, -0.15) is 11.8 Å². The number of nitrogens with one attached hydrogen (secondary N) is 1. The van der Waals surface area contributed by atoms with Crippen LogP contribution in [0.1, 0.15) is 6.42 Å². The summed E-state index contributed by atoms with van der Waals surface area (Å²) >= 11 is 1.82. The molecule has 2 heterocycles. The van der Waals surface area contributed by atoms with Crippen molar-refractivity contribution in [2.24, 2.45) is 0 Å². The normalized spacial score (nSPS) is 25.3. The topological polar surface area (TPSA) is 72.9 Å². The summed E-state index contributed by atoms with van der Waals surface area (Å²) in [6.45, 7) is 4.45. The molecule has 2 aliphatic rings. The molecule has 0 aromatic heterocycles. The van der Waals surface area contributed by atoms with Gasteiger partial charge in [-0.15, -0.1) is 0 Å². The van der Waals surface area contributed by atoms with Crippen LogP contribution in [0.25, 0.3) is 0 Å². The highest BCUT2D eigenvalue weighted by Gasteiger charge is 2.28. The van der Waals surface area contributed by atoms with Crippen LogP contribution in [0.2, 0.25) is 0 Å². The molecule has 0 aromatic rings. The monoisotopic (exact) mass is 287 g/mol. The molecular formula is C12H21N3O3S. The van der Waals surface area contributed by atoms with Gasteiger partial charge in [-0.25, -0.2) is 0 Å². The number of nitrogens with zero attached hydrogens (tertiary/aromatic N) is 2. The van der Waals surface area contributed by atoms with Gasteiger partial charge in [-0.1, -0.05) is 0 Å². The number of thioether (sulfide) groups is 1. The van der Waals surface area contributed by atoms with E-state index in [9.17, 15) is 9.59 Å². The largest absolute Gasteiger partial charge is 0.481 e. The Balaban J connectivity index is 1.72. The van der Waals surface area contributed by atoms with Crippen molar-refractivity contribution in [3.63, 3.8) is 0 Å². The maximum atomic E-state index is 12.3. The van der Waals surface area contributed by atoms with Gasteiger partial charge >= 0.3 is 5.97 Å². The zero-order valence-electron chi connectivity index (χ0n) is 11.0. The van der Waals surface area contributed by atoms with E-state index in [1.807, 2.05) is 16.7 Å². The molecule has 0 spiro atoms. The molecule has 6 nitrogen and oxygen atoms in total. The highest BCUT2D eigenvalue weighted by Crippen LogP contribution is 2.11. The van der Waals surface area contributed by atoms with Crippen LogP contribution in [-0.4, -0.2) is 83.6 Å². The van der Waals surface area contributed by atoms with Gasteiger partial charge in [-0.3, -0.25) is 14.5 Å². The van der Waals surface area contributed by atoms with E-state index in [-0.39, 0.29) is 18.4 Å². The predicted molar refractivity (Wildman–Crippen MR) is 74.4 cm³/mol. The van der Waals surface area contributed by atoms with Crippen molar-refractivity contribution in [3.8, 4) is 0 Å². The zero-order valence-corrected chi connectivity index (χ0v) is 11.8. The van der Waals surface area contributed by atoms with Crippen molar-refractivity contribution < 1.29 is 14.7 Å². The molecule has 1 amide bonds. The second-order valence-electron chi connectivity index (χ2n) is 4.89. The van der Waals surface area contributed by atoms with Gasteiger partial charge in [-0.05, 0) is 0 Å². The minimum Gasteiger partial charge on any atom is -0.481 e. The Bertz CT molecular complexity index is 326. The number of rotatable bonds is 4. The number of amides is 1. The number of carboxylic acids is 1. The summed E-state index contributed by atoms with van der Waals surface area (Å²) in [4.78, 5) is 26.8. The fraction of sp³-hybridized carbons (Fsp3) is 0.833. The lowest BCUT2D eigenvalue weighted by Crippen LogP contribution is -2.56. The Hall–Kier alpha value is -0.790. The van der Waals surface area contributed by atoms with Gasteiger partial charge < -0.3 is 15.3 Å². The van der Waals surface area contributed by atoms with E-state index in [0.717, 1.165) is 31.1 Å². The average Bonchev–Trinajstić information content (AvgIpc) is 2.46. The lowest BCUT2D eigenvalue weighted by atomic mass is 10.2. The molecular weight excluding hydrogens is 266 g/mol. The second-order valence-corrected chi connectivity index (χ2v) is 6.04. The summed E-state index contributed by atoms with van der Waals surface area (Å²) < 4.78 is 0. The van der Waals surface area contributed by atoms with Crippen LogP contribution in [0.4, 0.5) is 0 Å². The molecule has 7 heteroatoms. The summed E-state index contributed by atoms with van der Waals surface area (Å²) in [6.07, 6.45) is 0.175. The van der Waals surface area contributed by atoms with Gasteiger partial charge in [0.25, 0.3) is 0 Å². The van der Waals surface area contributed by atoms with Crippen LogP contribution in [-0.2, 0) is 9.59 Å². The first-order valence-electron chi connectivity index (χ1n) is 6.71. The lowest BCUT2D eigenvalue weighted by molar-refractivity contribution is -0.138. The molecule has 0 radical (unpaired) electrons. The minimum atomic E-state index is -0.762. The van der Waals surface area contributed by atoms with E-state index in [0.29, 0.717) is 19.6 Å². The average molecular weight is 287 g/mol. The molecule has 1 unspecified atom stereocenters. The van der Waals surface area contributed by atoms with E-state index < -0.39 is 5.97 Å². The van der Waals surface area contributed by atoms with Crippen molar-refractivity contribution >= 4 is 23.6 Å². The summed E-state index contributed by atoms with van der Waals surface area (Å²) in [6, 6.07) is -0.0377. The number of carboxylic acid groups (broad SMARTS) is 1. The standard InChI is InChI=1S/C12H21N3O3S/c16-11(17)1-3-14-4-6-15(7-5-14)12(18)10-9-19-8-2-13-10/h10,13H,1-9H2,(H,16,17). The fourth-order valence-corrected chi connectivity index (χ4v) is 3.32. The zero-order chi connectivity index (χ0) is 13.7. The first-order chi connectivity index (χ1) is 9.16. The molecule has 2 saturated heterocycles. The third-order valence-electron chi connectivity index (χ3n) is 3.55. The van der Waals surface area contributed by atoms with Crippen LogP contribution in [0.15, 0.2) is 0 Å². The van der Waals surface area contributed by atoms with Gasteiger partial charge in [0.1, 0.15) is 0 Å². The minimum absolute atomic E-state index is 0.0377. The number of hydrogen-bond donors (Lipinski definition) is 2. The Morgan fingerprint density at radius 2 is 2.00 bits per heavy atom. The first-order valence-corrected chi connectivity index (χ1v) is 7.86. The molecule has 2 N–H and O–H groups in total. The van der Waals surface area contributed by atoms with Crippen molar-refractivity contribution in [2.45, 2.75) is 12.5 Å². The SMILES string of the molecule is O=C(O)CCN1CCN(C(=O)C2CSCCN2)CC1. The Labute approximate surface area is 117 Å². The summed E-state index contributed by atoms with van der Waals surface area (Å²) in [7, 11) is 0. The number of aliphatic carboxylic acids is 1. The third kappa shape index (κ3) is 4.36. The molecule has 1 atom stereocenters. The van der Waals surface area contributed by atoms with Crippen LogP contribution in [0.3, 0.4) is 0 Å². The Kier molecular flexibility index (Phi) is 5.47. The van der Waals surface area contributed by atoms with Crippen molar-refractivity contribution in [3.05, 3.63) is 0 Å². The lowest BCUT2D eigenvalue weighted by Gasteiger charge is -2.37. The van der Waals surface area contributed by atoms with E-state index in [1.54, 1.807) is 0 Å². The Morgan fingerprint density at radius 1 is 1.26 bits per heavy atom. The second kappa shape index (κ2) is 7.12. The molecule has 0 saturated carbocycles. The number of carbonyl (C=O) groups excluding carboxylic acids is 1. The van der Waals surface area contributed by atoms with Gasteiger partial charge in [0.05, 0.1) is 12.5 Å². The van der Waals surface area contributed by atoms with Crippen LogP contribution < -0.4 is 5.32 Å². The van der Waals surface area contributed by atoms with Crippen molar-refractivity contribution in [2.75, 3.05) is 50.8 Å². The van der Waals surface area contributed by atoms with E-state index in [1.165, 1.54) is 0 Å². The smallest absolute Gasteiger partial charge is 0.304 e. The third-order valence-corrected chi connectivity index (χ3v) is 4.61.